The van der Waals surface area contributed by atoms with Gasteiger partial charge in [0.2, 0.25) is 5.76 Å². The minimum atomic E-state index is -0.244. The van der Waals surface area contributed by atoms with Crippen LogP contribution in [-0.2, 0) is 0 Å². The van der Waals surface area contributed by atoms with E-state index in [2.05, 4.69) is 10.5 Å². The summed E-state index contributed by atoms with van der Waals surface area (Å²) in [5, 5.41) is 6.67. The zero-order valence-electron chi connectivity index (χ0n) is 10.6. The number of rotatable bonds is 6. The number of nitrogens with two attached hydrogens (primary N) is 1. The van der Waals surface area contributed by atoms with Crippen LogP contribution in [0.4, 0.5) is 0 Å². The number of hydrogen-bond donors (Lipinski definition) is 2. The Labute approximate surface area is 111 Å². The molecule has 0 bridgehead atoms. The highest BCUT2D eigenvalue weighted by atomic mass is 16.5. The van der Waals surface area contributed by atoms with Crippen molar-refractivity contribution in [3.8, 4) is 11.3 Å². The van der Waals surface area contributed by atoms with Crippen molar-refractivity contribution in [1.29, 1.82) is 0 Å². The molecule has 0 saturated heterocycles. The van der Waals surface area contributed by atoms with Gasteiger partial charge in [0, 0.05) is 18.2 Å². The third kappa shape index (κ3) is 3.66. The maximum absolute atomic E-state index is 11.8. The van der Waals surface area contributed by atoms with Crippen LogP contribution < -0.4 is 11.1 Å². The molecule has 0 atom stereocenters. The fourth-order valence-corrected chi connectivity index (χ4v) is 1.69. The van der Waals surface area contributed by atoms with E-state index in [4.69, 9.17) is 10.3 Å². The first kappa shape index (κ1) is 13.3. The van der Waals surface area contributed by atoms with E-state index in [9.17, 15) is 4.79 Å². The average molecular weight is 259 g/mol. The Bertz CT molecular complexity index is 522. The van der Waals surface area contributed by atoms with Gasteiger partial charge in [-0.1, -0.05) is 35.5 Å². The minimum Gasteiger partial charge on any atom is -0.350 e. The van der Waals surface area contributed by atoms with Gasteiger partial charge >= 0.3 is 0 Å². The minimum absolute atomic E-state index is 0.228. The van der Waals surface area contributed by atoms with Crippen molar-refractivity contribution in [2.45, 2.75) is 12.8 Å². The molecule has 0 aliphatic rings. The fraction of sp³-hybridized carbons (Fsp3) is 0.286. The van der Waals surface area contributed by atoms with Crippen molar-refractivity contribution in [2.75, 3.05) is 13.1 Å². The first-order chi connectivity index (χ1) is 9.31. The second-order valence-corrected chi connectivity index (χ2v) is 4.19. The van der Waals surface area contributed by atoms with Crippen LogP contribution in [0.1, 0.15) is 23.4 Å². The summed E-state index contributed by atoms with van der Waals surface area (Å²) in [6.45, 7) is 1.23. The number of nitrogens with zero attached hydrogens (tertiary/aromatic N) is 1. The summed E-state index contributed by atoms with van der Waals surface area (Å²) in [5.41, 5.74) is 6.97. The maximum Gasteiger partial charge on any atom is 0.289 e. The summed E-state index contributed by atoms with van der Waals surface area (Å²) in [4.78, 5) is 11.8. The van der Waals surface area contributed by atoms with E-state index in [1.165, 1.54) is 0 Å². The van der Waals surface area contributed by atoms with Crippen LogP contribution in [0.5, 0.6) is 0 Å². The number of hydrogen-bond acceptors (Lipinski definition) is 4. The lowest BCUT2D eigenvalue weighted by atomic mass is 10.1. The normalized spacial score (nSPS) is 10.4. The summed E-state index contributed by atoms with van der Waals surface area (Å²) in [6.07, 6.45) is 1.76. The summed E-state index contributed by atoms with van der Waals surface area (Å²) in [6, 6.07) is 11.2. The van der Waals surface area contributed by atoms with E-state index in [0.29, 0.717) is 18.8 Å². The topological polar surface area (TPSA) is 81.1 Å². The van der Waals surface area contributed by atoms with Gasteiger partial charge in [0.1, 0.15) is 5.69 Å². The van der Waals surface area contributed by atoms with Crippen molar-refractivity contribution < 1.29 is 9.32 Å². The van der Waals surface area contributed by atoms with Crippen molar-refractivity contribution in [1.82, 2.24) is 10.5 Å². The summed E-state index contributed by atoms with van der Waals surface area (Å²) in [5.74, 6) is -0.0155. The first-order valence-electron chi connectivity index (χ1n) is 6.31. The Morgan fingerprint density at radius 2 is 2.05 bits per heavy atom. The highest BCUT2D eigenvalue weighted by Crippen LogP contribution is 2.18. The molecule has 1 aromatic carbocycles. The van der Waals surface area contributed by atoms with E-state index >= 15 is 0 Å². The molecule has 1 heterocycles. The van der Waals surface area contributed by atoms with E-state index in [1.807, 2.05) is 30.3 Å². The van der Waals surface area contributed by atoms with Crippen LogP contribution >= 0.6 is 0 Å². The number of nitrogens with one attached hydrogen (secondary N) is 1. The molecular formula is C14H17N3O2. The lowest BCUT2D eigenvalue weighted by Crippen LogP contribution is -2.24. The summed E-state index contributed by atoms with van der Waals surface area (Å²) in [7, 11) is 0. The second-order valence-electron chi connectivity index (χ2n) is 4.19. The molecule has 2 rings (SSSR count). The van der Waals surface area contributed by atoms with Crippen molar-refractivity contribution in [3.63, 3.8) is 0 Å². The fourth-order valence-electron chi connectivity index (χ4n) is 1.69. The number of unbranched alkanes of at least 4 members (excludes halogenated alkanes) is 1. The number of benzene rings is 1. The third-order valence-corrected chi connectivity index (χ3v) is 2.72. The van der Waals surface area contributed by atoms with E-state index in [1.54, 1.807) is 6.07 Å². The van der Waals surface area contributed by atoms with Gasteiger partial charge in [-0.3, -0.25) is 4.79 Å². The number of amides is 1. The van der Waals surface area contributed by atoms with Crippen molar-refractivity contribution in [2.24, 2.45) is 5.73 Å². The number of carbonyl (C=O) groups is 1. The highest BCUT2D eigenvalue weighted by Gasteiger charge is 2.13. The zero-order chi connectivity index (χ0) is 13.5. The van der Waals surface area contributed by atoms with Gasteiger partial charge < -0.3 is 15.6 Å². The molecule has 1 amide bonds. The Balaban J connectivity index is 1.95. The molecule has 1 aromatic heterocycles. The lowest BCUT2D eigenvalue weighted by Gasteiger charge is -2.00. The van der Waals surface area contributed by atoms with Gasteiger partial charge in [0.25, 0.3) is 5.91 Å². The van der Waals surface area contributed by atoms with E-state index < -0.39 is 0 Å². The molecule has 2 aromatic rings. The Hall–Kier alpha value is -2.14. The lowest BCUT2D eigenvalue weighted by molar-refractivity contribution is 0.0916. The van der Waals surface area contributed by atoms with Crippen LogP contribution in [-0.4, -0.2) is 24.2 Å². The average Bonchev–Trinajstić information content (AvgIpc) is 2.94. The third-order valence-electron chi connectivity index (χ3n) is 2.72. The number of carbonyl (C=O) groups excluding carboxylic acids is 1. The van der Waals surface area contributed by atoms with E-state index in [0.717, 1.165) is 18.4 Å². The molecule has 0 radical (unpaired) electrons. The van der Waals surface area contributed by atoms with Gasteiger partial charge in [0.15, 0.2) is 0 Å². The molecule has 0 unspecified atom stereocenters. The molecule has 3 N–H and O–H groups in total. The standard InChI is InChI=1S/C14H17N3O2/c15-8-4-5-9-16-14(18)13-10-12(17-19-13)11-6-2-1-3-7-11/h1-3,6-7,10H,4-5,8-9,15H2,(H,16,18). The predicted molar refractivity (Wildman–Crippen MR) is 72.6 cm³/mol. The molecule has 5 nitrogen and oxygen atoms in total. The highest BCUT2D eigenvalue weighted by molar-refractivity contribution is 5.92. The number of aromatic nitrogens is 1. The van der Waals surface area contributed by atoms with Crippen LogP contribution in [0, 0.1) is 0 Å². The molecule has 0 saturated carbocycles. The molecular weight excluding hydrogens is 242 g/mol. The zero-order valence-corrected chi connectivity index (χ0v) is 10.6. The molecule has 100 valence electrons. The summed E-state index contributed by atoms with van der Waals surface area (Å²) < 4.78 is 5.05. The Morgan fingerprint density at radius 1 is 1.26 bits per heavy atom. The van der Waals surface area contributed by atoms with Gasteiger partial charge in [-0.25, -0.2) is 0 Å². The SMILES string of the molecule is NCCCCNC(=O)c1cc(-c2ccccc2)no1. The Morgan fingerprint density at radius 3 is 2.79 bits per heavy atom. The van der Waals surface area contributed by atoms with Gasteiger partial charge in [-0.2, -0.15) is 0 Å². The molecule has 0 spiro atoms. The van der Waals surface area contributed by atoms with Gasteiger partial charge in [-0.05, 0) is 19.4 Å². The van der Waals surface area contributed by atoms with E-state index in [-0.39, 0.29) is 11.7 Å². The van der Waals surface area contributed by atoms with Crippen LogP contribution in [0.3, 0.4) is 0 Å². The molecule has 0 aliphatic heterocycles. The smallest absolute Gasteiger partial charge is 0.289 e. The maximum atomic E-state index is 11.8. The Kier molecular flexibility index (Phi) is 4.69. The molecule has 0 aliphatic carbocycles. The predicted octanol–water partition coefficient (Wildman–Crippen LogP) is 1.81. The van der Waals surface area contributed by atoms with Gasteiger partial charge in [0.05, 0.1) is 0 Å². The van der Waals surface area contributed by atoms with Crippen molar-refractivity contribution in [3.05, 3.63) is 42.2 Å². The van der Waals surface area contributed by atoms with Crippen LogP contribution in [0.25, 0.3) is 11.3 Å². The van der Waals surface area contributed by atoms with Crippen molar-refractivity contribution >= 4 is 5.91 Å². The molecule has 5 heteroatoms. The van der Waals surface area contributed by atoms with Crippen LogP contribution in [0.2, 0.25) is 0 Å². The van der Waals surface area contributed by atoms with Crippen LogP contribution in [0.15, 0.2) is 40.9 Å². The molecule has 19 heavy (non-hydrogen) atoms. The first-order valence-corrected chi connectivity index (χ1v) is 6.31. The summed E-state index contributed by atoms with van der Waals surface area (Å²) >= 11 is 0. The monoisotopic (exact) mass is 259 g/mol. The second kappa shape index (κ2) is 6.70. The quantitative estimate of drug-likeness (QED) is 0.775. The largest absolute Gasteiger partial charge is 0.350 e. The molecule has 0 fully saturated rings. The van der Waals surface area contributed by atoms with Gasteiger partial charge in [-0.15, -0.1) is 0 Å².